The van der Waals surface area contributed by atoms with E-state index >= 15 is 0 Å². The van der Waals surface area contributed by atoms with Crippen LogP contribution in [0.25, 0.3) is 0 Å². The molecule has 3 aromatic rings. The van der Waals surface area contributed by atoms with Crippen molar-refractivity contribution >= 4 is 23.1 Å². The predicted molar refractivity (Wildman–Crippen MR) is 104 cm³/mol. The summed E-state index contributed by atoms with van der Waals surface area (Å²) in [6, 6.07) is 13.4. The van der Waals surface area contributed by atoms with E-state index < -0.39 is 11.6 Å². The standard InChI is InChI=1S/C21H19F2N3O2/c1-13(2)28-16-8-6-15(7-9-16)25-21(27)14-10-11-24-19(12-14)26-20-17(22)4-3-5-18(20)23/h3-13H,1-2H3,(H,24,26)(H,25,27). The smallest absolute Gasteiger partial charge is 0.255 e. The summed E-state index contributed by atoms with van der Waals surface area (Å²) in [4.78, 5) is 16.5. The van der Waals surface area contributed by atoms with Crippen molar-refractivity contribution in [3.8, 4) is 5.75 Å². The van der Waals surface area contributed by atoms with Crippen LogP contribution in [-0.2, 0) is 0 Å². The van der Waals surface area contributed by atoms with Gasteiger partial charge in [-0.25, -0.2) is 13.8 Å². The van der Waals surface area contributed by atoms with Gasteiger partial charge >= 0.3 is 0 Å². The summed E-state index contributed by atoms with van der Waals surface area (Å²) in [5.41, 5.74) is 0.553. The van der Waals surface area contributed by atoms with Gasteiger partial charge in [0.2, 0.25) is 0 Å². The van der Waals surface area contributed by atoms with Crippen LogP contribution in [0.15, 0.2) is 60.8 Å². The molecule has 0 saturated heterocycles. The Morgan fingerprint density at radius 1 is 1.04 bits per heavy atom. The van der Waals surface area contributed by atoms with Gasteiger partial charge in [-0.1, -0.05) is 6.07 Å². The first-order valence-electron chi connectivity index (χ1n) is 8.67. The number of nitrogens with one attached hydrogen (secondary N) is 2. The van der Waals surface area contributed by atoms with Gasteiger partial charge in [-0.15, -0.1) is 0 Å². The number of rotatable bonds is 6. The van der Waals surface area contributed by atoms with Crippen molar-refractivity contribution < 1.29 is 18.3 Å². The van der Waals surface area contributed by atoms with Crippen molar-refractivity contribution in [2.75, 3.05) is 10.6 Å². The first-order chi connectivity index (χ1) is 13.4. The number of aromatic nitrogens is 1. The number of carbonyl (C=O) groups excluding carboxylic acids is 1. The summed E-state index contributed by atoms with van der Waals surface area (Å²) in [5, 5.41) is 5.32. The Morgan fingerprint density at radius 2 is 1.71 bits per heavy atom. The van der Waals surface area contributed by atoms with E-state index in [-0.39, 0.29) is 29.1 Å². The Morgan fingerprint density at radius 3 is 2.36 bits per heavy atom. The molecule has 0 aliphatic heterocycles. The van der Waals surface area contributed by atoms with Crippen LogP contribution in [0.3, 0.4) is 0 Å². The van der Waals surface area contributed by atoms with Gasteiger partial charge in [-0.3, -0.25) is 4.79 Å². The zero-order valence-electron chi connectivity index (χ0n) is 15.4. The Labute approximate surface area is 161 Å². The highest BCUT2D eigenvalue weighted by Gasteiger charge is 2.12. The molecule has 0 aliphatic rings. The SMILES string of the molecule is CC(C)Oc1ccc(NC(=O)c2ccnc(Nc3c(F)cccc3F)c2)cc1. The Kier molecular flexibility index (Phi) is 5.84. The third-order valence-corrected chi connectivity index (χ3v) is 3.72. The van der Waals surface area contributed by atoms with Crippen molar-refractivity contribution in [1.82, 2.24) is 4.98 Å². The van der Waals surface area contributed by atoms with E-state index in [0.717, 1.165) is 12.1 Å². The molecule has 1 amide bonds. The highest BCUT2D eigenvalue weighted by atomic mass is 19.1. The third kappa shape index (κ3) is 4.82. The monoisotopic (exact) mass is 383 g/mol. The summed E-state index contributed by atoms with van der Waals surface area (Å²) in [7, 11) is 0. The number of hydrogen-bond donors (Lipinski definition) is 2. The van der Waals surface area contributed by atoms with E-state index in [1.54, 1.807) is 24.3 Å². The van der Waals surface area contributed by atoms with Gasteiger partial charge < -0.3 is 15.4 Å². The van der Waals surface area contributed by atoms with Crippen LogP contribution >= 0.6 is 0 Å². The Bertz CT molecular complexity index is 955. The molecule has 0 radical (unpaired) electrons. The minimum Gasteiger partial charge on any atom is -0.491 e. The molecule has 28 heavy (non-hydrogen) atoms. The summed E-state index contributed by atoms with van der Waals surface area (Å²) in [6.07, 6.45) is 1.44. The largest absolute Gasteiger partial charge is 0.491 e. The zero-order chi connectivity index (χ0) is 20.1. The lowest BCUT2D eigenvalue weighted by Gasteiger charge is -2.11. The van der Waals surface area contributed by atoms with Crippen LogP contribution in [0.2, 0.25) is 0 Å². The molecule has 2 N–H and O–H groups in total. The van der Waals surface area contributed by atoms with E-state index in [1.807, 2.05) is 13.8 Å². The Hall–Kier alpha value is -3.48. The molecular weight excluding hydrogens is 364 g/mol. The molecule has 0 spiro atoms. The second-order valence-electron chi connectivity index (χ2n) is 6.30. The maximum Gasteiger partial charge on any atom is 0.255 e. The van der Waals surface area contributed by atoms with Crippen molar-refractivity contribution in [3.05, 3.63) is 78.0 Å². The van der Waals surface area contributed by atoms with E-state index in [1.165, 1.54) is 24.4 Å². The molecule has 144 valence electrons. The topological polar surface area (TPSA) is 63.2 Å². The molecule has 7 heteroatoms. The minimum absolute atomic E-state index is 0.0578. The van der Waals surface area contributed by atoms with Crippen molar-refractivity contribution in [2.45, 2.75) is 20.0 Å². The average molecular weight is 383 g/mol. The van der Waals surface area contributed by atoms with Gasteiger partial charge in [0.25, 0.3) is 5.91 Å². The number of para-hydroxylation sites is 1. The van der Waals surface area contributed by atoms with Crippen LogP contribution in [0.1, 0.15) is 24.2 Å². The molecule has 0 aliphatic carbocycles. The van der Waals surface area contributed by atoms with Gasteiger partial charge in [-0.2, -0.15) is 0 Å². The highest BCUT2D eigenvalue weighted by molar-refractivity contribution is 6.04. The number of carbonyl (C=O) groups is 1. The van der Waals surface area contributed by atoms with Crippen molar-refractivity contribution in [3.63, 3.8) is 0 Å². The fourth-order valence-corrected chi connectivity index (χ4v) is 2.48. The molecule has 2 aromatic carbocycles. The number of pyridine rings is 1. The van der Waals surface area contributed by atoms with E-state index in [0.29, 0.717) is 11.4 Å². The fraction of sp³-hybridized carbons (Fsp3) is 0.143. The summed E-state index contributed by atoms with van der Waals surface area (Å²) < 4.78 is 33.1. The lowest BCUT2D eigenvalue weighted by molar-refractivity contribution is 0.102. The number of benzene rings is 2. The van der Waals surface area contributed by atoms with Crippen LogP contribution in [0.4, 0.5) is 26.0 Å². The van der Waals surface area contributed by atoms with Crippen LogP contribution in [-0.4, -0.2) is 17.0 Å². The molecule has 0 saturated carbocycles. The lowest BCUT2D eigenvalue weighted by atomic mass is 10.2. The first kappa shape index (κ1) is 19.3. The van der Waals surface area contributed by atoms with E-state index in [2.05, 4.69) is 15.6 Å². The number of amides is 1. The van der Waals surface area contributed by atoms with Gasteiger partial charge in [0.1, 0.15) is 28.9 Å². The summed E-state index contributed by atoms with van der Waals surface area (Å²) in [6.45, 7) is 3.86. The van der Waals surface area contributed by atoms with Crippen LogP contribution in [0, 0.1) is 11.6 Å². The third-order valence-electron chi connectivity index (χ3n) is 3.72. The van der Waals surface area contributed by atoms with E-state index in [4.69, 9.17) is 4.74 Å². The maximum atomic E-state index is 13.8. The van der Waals surface area contributed by atoms with E-state index in [9.17, 15) is 13.6 Å². The number of hydrogen-bond acceptors (Lipinski definition) is 4. The molecule has 3 rings (SSSR count). The highest BCUT2D eigenvalue weighted by Crippen LogP contribution is 2.23. The molecule has 0 fully saturated rings. The van der Waals surface area contributed by atoms with Crippen molar-refractivity contribution in [2.24, 2.45) is 0 Å². The number of halogens is 2. The zero-order valence-corrected chi connectivity index (χ0v) is 15.4. The molecular formula is C21H19F2N3O2. The second-order valence-corrected chi connectivity index (χ2v) is 6.30. The Balaban J connectivity index is 1.72. The average Bonchev–Trinajstić information content (AvgIpc) is 2.66. The number of nitrogens with zero attached hydrogens (tertiary/aromatic N) is 1. The molecule has 0 bridgehead atoms. The maximum absolute atomic E-state index is 13.8. The van der Waals surface area contributed by atoms with Crippen LogP contribution in [0.5, 0.6) is 5.75 Å². The fourth-order valence-electron chi connectivity index (χ4n) is 2.48. The minimum atomic E-state index is -0.750. The summed E-state index contributed by atoms with van der Waals surface area (Å²) in [5.74, 6) is -1.02. The van der Waals surface area contributed by atoms with Gasteiger partial charge in [0, 0.05) is 17.4 Å². The number of anilines is 3. The normalized spacial score (nSPS) is 10.6. The summed E-state index contributed by atoms with van der Waals surface area (Å²) >= 11 is 0. The number of ether oxygens (including phenoxy) is 1. The molecule has 1 heterocycles. The van der Waals surface area contributed by atoms with Gasteiger partial charge in [-0.05, 0) is 62.4 Å². The van der Waals surface area contributed by atoms with Gasteiger partial charge in [0.15, 0.2) is 0 Å². The first-order valence-corrected chi connectivity index (χ1v) is 8.67. The molecule has 1 aromatic heterocycles. The molecule has 0 atom stereocenters. The van der Waals surface area contributed by atoms with Crippen LogP contribution < -0.4 is 15.4 Å². The second kappa shape index (κ2) is 8.47. The van der Waals surface area contributed by atoms with Crippen molar-refractivity contribution in [1.29, 1.82) is 0 Å². The van der Waals surface area contributed by atoms with Gasteiger partial charge in [0.05, 0.1) is 6.10 Å². The molecule has 5 nitrogen and oxygen atoms in total. The quantitative estimate of drug-likeness (QED) is 0.618. The predicted octanol–water partition coefficient (Wildman–Crippen LogP) is 5.14. The lowest BCUT2D eigenvalue weighted by Crippen LogP contribution is -2.12. The molecule has 0 unspecified atom stereocenters.